The molecule has 0 aliphatic heterocycles. The van der Waals surface area contributed by atoms with Gasteiger partial charge in [0.15, 0.2) is 0 Å². The fourth-order valence-corrected chi connectivity index (χ4v) is 3.05. The topological polar surface area (TPSA) is 55.1 Å². The van der Waals surface area contributed by atoms with Crippen LogP contribution in [0.1, 0.15) is 43.2 Å². The first kappa shape index (κ1) is 18.0. The van der Waals surface area contributed by atoms with Gasteiger partial charge >= 0.3 is 0 Å². The minimum Gasteiger partial charge on any atom is -0.352 e. The molecule has 0 aromatic heterocycles. The molecule has 1 amide bonds. The third-order valence-electron chi connectivity index (χ3n) is 4.30. The molecule has 1 aliphatic rings. The Morgan fingerprint density at radius 3 is 2.43 bits per heavy atom. The number of halogens is 1. The summed E-state index contributed by atoms with van der Waals surface area (Å²) in [6, 6.07) is 8.28. The lowest BCUT2D eigenvalue weighted by molar-refractivity contribution is -0.121. The van der Waals surface area contributed by atoms with Crippen LogP contribution in [0.15, 0.2) is 24.3 Å². The molecule has 1 aromatic rings. The number of hydrogen-bond acceptors (Lipinski definition) is 2. The van der Waals surface area contributed by atoms with Crippen molar-refractivity contribution in [2.24, 2.45) is 11.7 Å². The number of carbonyl (C=O) groups is 1. The minimum atomic E-state index is 0. The highest BCUT2D eigenvalue weighted by Gasteiger charge is 2.23. The monoisotopic (exact) mass is 310 g/mol. The second kappa shape index (κ2) is 9.06. The van der Waals surface area contributed by atoms with Crippen molar-refractivity contribution in [2.75, 3.05) is 6.54 Å². The number of benzene rings is 1. The lowest BCUT2D eigenvalue weighted by Crippen LogP contribution is -2.46. The zero-order valence-electron chi connectivity index (χ0n) is 12.8. The van der Waals surface area contributed by atoms with Crippen molar-refractivity contribution in [3.63, 3.8) is 0 Å². The number of rotatable bonds is 5. The van der Waals surface area contributed by atoms with Gasteiger partial charge in [-0.3, -0.25) is 4.79 Å². The predicted octanol–water partition coefficient (Wildman–Crippen LogP) is 2.98. The standard InChI is InChI=1S/C17H26N2O.ClH/c1-13-7-9-14(10-8-13)11-17(20)19-16(12-18)15-5-3-2-4-6-15;/h7-10,15-16H,2-6,11-12,18H2,1H3,(H,19,20);1H. The average molecular weight is 311 g/mol. The van der Waals surface area contributed by atoms with Gasteiger partial charge in [-0.25, -0.2) is 0 Å². The molecule has 118 valence electrons. The van der Waals surface area contributed by atoms with Gasteiger partial charge in [0.2, 0.25) is 5.91 Å². The van der Waals surface area contributed by atoms with Crippen molar-refractivity contribution in [1.29, 1.82) is 0 Å². The van der Waals surface area contributed by atoms with Crippen molar-refractivity contribution < 1.29 is 4.79 Å². The summed E-state index contributed by atoms with van der Waals surface area (Å²) in [6.07, 6.45) is 6.72. The Morgan fingerprint density at radius 2 is 1.86 bits per heavy atom. The molecular weight excluding hydrogens is 284 g/mol. The highest BCUT2D eigenvalue weighted by atomic mass is 35.5. The SMILES string of the molecule is Cc1ccc(CC(=O)NC(CN)C2CCCCC2)cc1.Cl. The van der Waals surface area contributed by atoms with Gasteiger partial charge in [-0.15, -0.1) is 12.4 Å². The summed E-state index contributed by atoms with van der Waals surface area (Å²) in [5.74, 6) is 0.658. The van der Waals surface area contributed by atoms with Crippen LogP contribution < -0.4 is 11.1 Å². The van der Waals surface area contributed by atoms with E-state index in [1.165, 1.54) is 37.7 Å². The van der Waals surface area contributed by atoms with Gasteiger partial charge in [-0.05, 0) is 31.2 Å². The molecule has 3 N–H and O–H groups in total. The molecule has 0 radical (unpaired) electrons. The van der Waals surface area contributed by atoms with Gasteiger partial charge in [-0.2, -0.15) is 0 Å². The van der Waals surface area contributed by atoms with Crippen LogP contribution in [0.2, 0.25) is 0 Å². The van der Waals surface area contributed by atoms with Crippen molar-refractivity contribution in [3.8, 4) is 0 Å². The number of nitrogens with two attached hydrogens (primary N) is 1. The summed E-state index contributed by atoms with van der Waals surface area (Å²) in [5.41, 5.74) is 8.13. The van der Waals surface area contributed by atoms with Gasteiger partial charge in [0.1, 0.15) is 0 Å². The Balaban J connectivity index is 0.00000220. The summed E-state index contributed by atoms with van der Waals surface area (Å²) >= 11 is 0. The second-order valence-electron chi connectivity index (χ2n) is 5.97. The number of amides is 1. The fraction of sp³-hybridized carbons (Fsp3) is 0.588. The van der Waals surface area contributed by atoms with Gasteiger partial charge < -0.3 is 11.1 Å². The van der Waals surface area contributed by atoms with Crippen molar-refractivity contribution in [2.45, 2.75) is 51.5 Å². The van der Waals surface area contributed by atoms with Gasteiger partial charge in [0, 0.05) is 12.6 Å². The molecule has 1 atom stereocenters. The lowest BCUT2D eigenvalue weighted by Gasteiger charge is -2.30. The minimum absolute atomic E-state index is 0. The average Bonchev–Trinajstić information content (AvgIpc) is 2.48. The van der Waals surface area contributed by atoms with Crippen LogP contribution in [-0.4, -0.2) is 18.5 Å². The number of hydrogen-bond donors (Lipinski definition) is 2. The van der Waals surface area contributed by atoms with Crippen LogP contribution in [0.4, 0.5) is 0 Å². The van der Waals surface area contributed by atoms with Crippen LogP contribution in [0.5, 0.6) is 0 Å². The molecule has 2 rings (SSSR count). The molecule has 1 aromatic carbocycles. The molecular formula is C17H27ClN2O. The highest BCUT2D eigenvalue weighted by Crippen LogP contribution is 2.26. The summed E-state index contributed by atoms with van der Waals surface area (Å²) in [6.45, 7) is 2.60. The molecule has 21 heavy (non-hydrogen) atoms. The molecule has 1 aliphatic carbocycles. The lowest BCUT2D eigenvalue weighted by atomic mass is 9.84. The third-order valence-corrected chi connectivity index (χ3v) is 4.30. The normalized spacial score (nSPS) is 16.9. The largest absolute Gasteiger partial charge is 0.352 e. The molecule has 0 saturated heterocycles. The molecule has 1 fully saturated rings. The van der Waals surface area contributed by atoms with E-state index in [0.29, 0.717) is 18.9 Å². The Bertz CT molecular complexity index is 427. The number of carbonyl (C=O) groups excluding carboxylic acids is 1. The summed E-state index contributed by atoms with van der Waals surface area (Å²) in [4.78, 5) is 12.1. The Labute approximate surface area is 134 Å². The zero-order valence-corrected chi connectivity index (χ0v) is 13.6. The van der Waals surface area contributed by atoms with E-state index in [4.69, 9.17) is 5.73 Å². The summed E-state index contributed by atoms with van der Waals surface area (Å²) in [5, 5.41) is 3.14. The van der Waals surface area contributed by atoms with Crippen LogP contribution in [0, 0.1) is 12.8 Å². The maximum absolute atomic E-state index is 12.1. The van der Waals surface area contributed by atoms with Gasteiger partial charge in [0.25, 0.3) is 0 Å². The summed E-state index contributed by atoms with van der Waals surface area (Å²) in [7, 11) is 0. The predicted molar refractivity (Wildman–Crippen MR) is 89.7 cm³/mol. The molecule has 0 heterocycles. The van der Waals surface area contributed by atoms with Gasteiger partial charge in [0.05, 0.1) is 6.42 Å². The number of aryl methyl sites for hydroxylation is 1. The Hall–Kier alpha value is -1.06. The fourth-order valence-electron chi connectivity index (χ4n) is 3.05. The highest BCUT2D eigenvalue weighted by molar-refractivity contribution is 5.85. The van der Waals surface area contributed by atoms with E-state index in [2.05, 4.69) is 12.2 Å². The van der Waals surface area contributed by atoms with Crippen molar-refractivity contribution in [3.05, 3.63) is 35.4 Å². The third kappa shape index (κ3) is 5.68. The van der Waals surface area contributed by atoms with Crippen LogP contribution >= 0.6 is 12.4 Å². The molecule has 4 heteroatoms. The van der Waals surface area contributed by atoms with Crippen molar-refractivity contribution in [1.82, 2.24) is 5.32 Å². The zero-order chi connectivity index (χ0) is 14.4. The van der Waals surface area contributed by atoms with E-state index in [0.717, 1.165) is 5.56 Å². The van der Waals surface area contributed by atoms with E-state index >= 15 is 0 Å². The van der Waals surface area contributed by atoms with Gasteiger partial charge in [-0.1, -0.05) is 49.1 Å². The molecule has 3 nitrogen and oxygen atoms in total. The molecule has 0 spiro atoms. The Kier molecular flexibility index (Phi) is 7.76. The van der Waals surface area contributed by atoms with E-state index in [-0.39, 0.29) is 24.4 Å². The first-order chi connectivity index (χ1) is 9.69. The van der Waals surface area contributed by atoms with E-state index in [9.17, 15) is 4.79 Å². The maximum Gasteiger partial charge on any atom is 0.224 e. The van der Waals surface area contributed by atoms with Crippen LogP contribution in [0.25, 0.3) is 0 Å². The van der Waals surface area contributed by atoms with Crippen molar-refractivity contribution >= 4 is 18.3 Å². The maximum atomic E-state index is 12.1. The molecule has 0 bridgehead atoms. The van der Waals surface area contributed by atoms with Crippen LogP contribution in [-0.2, 0) is 11.2 Å². The Morgan fingerprint density at radius 1 is 1.24 bits per heavy atom. The van der Waals surface area contributed by atoms with E-state index in [1.54, 1.807) is 0 Å². The first-order valence-electron chi connectivity index (χ1n) is 7.74. The first-order valence-corrected chi connectivity index (χ1v) is 7.74. The molecule has 1 saturated carbocycles. The van der Waals surface area contributed by atoms with E-state index in [1.807, 2.05) is 24.3 Å². The second-order valence-corrected chi connectivity index (χ2v) is 5.97. The smallest absolute Gasteiger partial charge is 0.224 e. The summed E-state index contributed by atoms with van der Waals surface area (Å²) < 4.78 is 0. The van der Waals surface area contributed by atoms with E-state index < -0.39 is 0 Å². The molecule has 1 unspecified atom stereocenters. The number of nitrogens with one attached hydrogen (secondary N) is 1. The quantitative estimate of drug-likeness (QED) is 0.878. The van der Waals surface area contributed by atoms with Crippen LogP contribution in [0.3, 0.4) is 0 Å².